The smallest absolute Gasteiger partial charge is 0.309 e. The van der Waals surface area contributed by atoms with Crippen molar-refractivity contribution in [3.05, 3.63) is 34.4 Å². The second-order valence-electron chi connectivity index (χ2n) is 4.86. The summed E-state index contributed by atoms with van der Waals surface area (Å²) >= 11 is 3.47. The zero-order valence-corrected chi connectivity index (χ0v) is 11.3. The first-order chi connectivity index (χ1) is 7.90. The van der Waals surface area contributed by atoms with Gasteiger partial charge < -0.3 is 10.1 Å². The fourth-order valence-corrected chi connectivity index (χ4v) is 2.30. The number of hydrogen-bond acceptors (Lipinski definition) is 1. The van der Waals surface area contributed by atoms with Crippen LogP contribution in [0.4, 0.5) is 0 Å². The van der Waals surface area contributed by atoms with Gasteiger partial charge in [-0.15, -0.1) is 0 Å². The minimum atomic E-state index is -0.782. The van der Waals surface area contributed by atoms with E-state index in [1.54, 1.807) is 13.8 Å². The highest BCUT2D eigenvalue weighted by atomic mass is 79.9. The average molecular weight is 296 g/mol. The van der Waals surface area contributed by atoms with Crippen LogP contribution in [0.2, 0.25) is 0 Å². The van der Waals surface area contributed by atoms with E-state index in [1.165, 1.54) is 0 Å². The molecule has 0 amide bonds. The van der Waals surface area contributed by atoms with Gasteiger partial charge in [-0.05, 0) is 41.9 Å². The van der Waals surface area contributed by atoms with Crippen LogP contribution in [0.25, 0.3) is 10.9 Å². The fraction of sp³-hybridized carbons (Fsp3) is 0.308. The number of rotatable bonds is 3. The Labute approximate surface area is 108 Å². The largest absolute Gasteiger partial charge is 0.481 e. The minimum Gasteiger partial charge on any atom is -0.481 e. The summed E-state index contributed by atoms with van der Waals surface area (Å²) in [4.78, 5) is 14.3. The molecule has 0 aliphatic rings. The molecule has 17 heavy (non-hydrogen) atoms. The van der Waals surface area contributed by atoms with Crippen molar-refractivity contribution in [3.8, 4) is 0 Å². The third-order valence-corrected chi connectivity index (χ3v) is 3.53. The third-order valence-electron chi connectivity index (χ3n) is 2.87. The van der Waals surface area contributed by atoms with E-state index >= 15 is 0 Å². The lowest BCUT2D eigenvalue weighted by Crippen LogP contribution is -2.26. The van der Waals surface area contributed by atoms with Crippen LogP contribution in [0.1, 0.15) is 19.5 Å². The zero-order chi connectivity index (χ0) is 12.6. The normalized spacial score (nSPS) is 11.9. The van der Waals surface area contributed by atoms with Crippen molar-refractivity contribution in [3.63, 3.8) is 0 Å². The van der Waals surface area contributed by atoms with Gasteiger partial charge in [-0.1, -0.05) is 12.1 Å². The Bertz CT molecular complexity index is 572. The standard InChI is InChI=1S/C13H14BrNO2/c1-13(2,12(16)17)7-9-6-8-4-3-5-10(14)11(8)15-9/h3-6,15H,7H2,1-2H3,(H,16,17). The Kier molecular flexibility index (Phi) is 3.00. The van der Waals surface area contributed by atoms with Crippen LogP contribution >= 0.6 is 15.9 Å². The lowest BCUT2D eigenvalue weighted by Gasteiger charge is -2.17. The quantitative estimate of drug-likeness (QED) is 0.909. The molecule has 0 radical (unpaired) electrons. The molecule has 0 unspecified atom stereocenters. The van der Waals surface area contributed by atoms with E-state index in [0.717, 1.165) is 21.1 Å². The molecule has 1 heterocycles. The number of benzene rings is 1. The van der Waals surface area contributed by atoms with Crippen molar-refractivity contribution in [1.29, 1.82) is 0 Å². The van der Waals surface area contributed by atoms with Gasteiger partial charge in [-0.2, -0.15) is 0 Å². The van der Waals surface area contributed by atoms with Crippen LogP contribution in [0.5, 0.6) is 0 Å². The van der Waals surface area contributed by atoms with Crippen LogP contribution in [0, 0.1) is 5.41 Å². The number of aromatic nitrogens is 1. The Morgan fingerprint density at radius 1 is 1.47 bits per heavy atom. The van der Waals surface area contributed by atoms with Gasteiger partial charge in [0.25, 0.3) is 0 Å². The second kappa shape index (κ2) is 4.18. The highest BCUT2D eigenvalue weighted by Crippen LogP contribution is 2.27. The van der Waals surface area contributed by atoms with E-state index < -0.39 is 11.4 Å². The predicted molar refractivity (Wildman–Crippen MR) is 71.1 cm³/mol. The SMILES string of the molecule is CC(C)(Cc1cc2cccc(Br)c2[nH]1)C(=O)O. The van der Waals surface area contributed by atoms with Crippen molar-refractivity contribution < 1.29 is 9.90 Å². The molecule has 0 saturated heterocycles. The Morgan fingerprint density at radius 3 is 2.76 bits per heavy atom. The van der Waals surface area contributed by atoms with Crippen molar-refractivity contribution in [2.45, 2.75) is 20.3 Å². The van der Waals surface area contributed by atoms with Gasteiger partial charge in [0, 0.05) is 22.0 Å². The molecule has 0 bridgehead atoms. The van der Waals surface area contributed by atoms with E-state index in [2.05, 4.69) is 20.9 Å². The summed E-state index contributed by atoms with van der Waals surface area (Å²) in [6, 6.07) is 7.94. The third kappa shape index (κ3) is 2.36. The number of aromatic amines is 1. The van der Waals surface area contributed by atoms with Crippen LogP contribution in [0.15, 0.2) is 28.7 Å². The van der Waals surface area contributed by atoms with E-state index in [1.807, 2.05) is 24.3 Å². The number of carbonyl (C=O) groups is 1. The van der Waals surface area contributed by atoms with E-state index in [-0.39, 0.29) is 0 Å². The summed E-state index contributed by atoms with van der Waals surface area (Å²) < 4.78 is 0.995. The molecule has 2 aromatic rings. The number of halogens is 1. The van der Waals surface area contributed by atoms with Gasteiger partial charge in [0.2, 0.25) is 0 Å². The summed E-state index contributed by atoms with van der Waals surface area (Å²) in [5.74, 6) is -0.782. The molecule has 1 aromatic carbocycles. The summed E-state index contributed by atoms with van der Waals surface area (Å²) in [5.41, 5.74) is 1.20. The Balaban J connectivity index is 2.38. The van der Waals surface area contributed by atoms with Crippen molar-refractivity contribution in [1.82, 2.24) is 4.98 Å². The molecule has 90 valence electrons. The molecule has 0 fully saturated rings. The number of H-pyrrole nitrogens is 1. The summed E-state index contributed by atoms with van der Waals surface area (Å²) in [6.45, 7) is 3.46. The maximum Gasteiger partial charge on any atom is 0.309 e. The number of nitrogens with one attached hydrogen (secondary N) is 1. The molecule has 0 aliphatic heterocycles. The second-order valence-corrected chi connectivity index (χ2v) is 5.72. The summed E-state index contributed by atoms with van der Waals surface area (Å²) in [7, 11) is 0. The highest BCUT2D eigenvalue weighted by molar-refractivity contribution is 9.10. The van der Waals surface area contributed by atoms with Gasteiger partial charge in [0.1, 0.15) is 0 Å². The molecule has 0 spiro atoms. The molecular formula is C13H14BrNO2. The molecule has 3 nitrogen and oxygen atoms in total. The van der Waals surface area contributed by atoms with Gasteiger partial charge >= 0.3 is 5.97 Å². The summed E-state index contributed by atoms with van der Waals surface area (Å²) in [5, 5.41) is 10.2. The molecule has 4 heteroatoms. The first-order valence-electron chi connectivity index (χ1n) is 5.40. The number of carboxylic acids is 1. The molecule has 0 saturated carbocycles. The molecule has 0 aliphatic carbocycles. The first-order valence-corrected chi connectivity index (χ1v) is 6.19. The van der Waals surface area contributed by atoms with Crippen molar-refractivity contribution in [2.24, 2.45) is 5.41 Å². The molecular weight excluding hydrogens is 282 g/mol. The lowest BCUT2D eigenvalue weighted by molar-refractivity contribution is -0.146. The maximum absolute atomic E-state index is 11.1. The van der Waals surface area contributed by atoms with Crippen LogP contribution < -0.4 is 0 Å². The topological polar surface area (TPSA) is 53.1 Å². The monoisotopic (exact) mass is 295 g/mol. The number of hydrogen-bond donors (Lipinski definition) is 2. The van der Waals surface area contributed by atoms with Crippen LogP contribution in [0.3, 0.4) is 0 Å². The zero-order valence-electron chi connectivity index (χ0n) is 9.75. The van der Waals surface area contributed by atoms with Crippen molar-refractivity contribution >= 4 is 32.8 Å². The highest BCUT2D eigenvalue weighted by Gasteiger charge is 2.28. The van der Waals surface area contributed by atoms with E-state index in [4.69, 9.17) is 5.11 Å². The molecule has 2 N–H and O–H groups in total. The van der Waals surface area contributed by atoms with Crippen molar-refractivity contribution in [2.75, 3.05) is 0 Å². The Hall–Kier alpha value is -1.29. The van der Waals surface area contributed by atoms with E-state index in [9.17, 15) is 4.79 Å². The van der Waals surface area contributed by atoms with Crippen LogP contribution in [-0.2, 0) is 11.2 Å². The van der Waals surface area contributed by atoms with Gasteiger partial charge in [-0.25, -0.2) is 0 Å². The van der Waals surface area contributed by atoms with E-state index in [0.29, 0.717) is 6.42 Å². The summed E-state index contributed by atoms with van der Waals surface area (Å²) in [6.07, 6.45) is 0.490. The molecule has 0 atom stereocenters. The Morgan fingerprint density at radius 2 is 2.18 bits per heavy atom. The van der Waals surface area contributed by atoms with Gasteiger partial charge in [-0.3, -0.25) is 4.79 Å². The first kappa shape index (κ1) is 12.2. The van der Waals surface area contributed by atoms with Crippen LogP contribution in [-0.4, -0.2) is 16.1 Å². The maximum atomic E-state index is 11.1. The number of aliphatic carboxylic acids is 1. The average Bonchev–Trinajstić information content (AvgIpc) is 2.60. The molecule has 1 aromatic heterocycles. The van der Waals surface area contributed by atoms with Gasteiger partial charge in [0.05, 0.1) is 10.9 Å². The number of para-hydroxylation sites is 1. The molecule has 2 rings (SSSR count). The minimum absolute atomic E-state index is 0.490. The number of fused-ring (bicyclic) bond motifs is 1. The lowest BCUT2D eigenvalue weighted by atomic mass is 9.88. The number of carboxylic acid groups (broad SMARTS) is 1. The predicted octanol–water partition coefficient (Wildman–Crippen LogP) is 3.58. The fourth-order valence-electron chi connectivity index (χ4n) is 1.82. The van der Waals surface area contributed by atoms with Gasteiger partial charge in [0.15, 0.2) is 0 Å².